The first-order valence-electron chi connectivity index (χ1n) is 2.47. The molecule has 0 aromatic heterocycles. The van der Waals surface area contributed by atoms with E-state index in [9.17, 15) is 0 Å². The average molecular weight is 174 g/mol. The number of allylic oxidation sites excluding steroid dienone is 4. The molecule has 1 heterocycles. The van der Waals surface area contributed by atoms with Gasteiger partial charge in [0.2, 0.25) is 0 Å². The Labute approximate surface area is 66.7 Å². The van der Waals surface area contributed by atoms with Crippen molar-refractivity contribution in [2.45, 2.75) is 0 Å². The first-order valence-corrected chi connectivity index (χ1v) is 6.08. The van der Waals surface area contributed by atoms with Gasteiger partial charge in [0.05, 0.1) is 0 Å². The summed E-state index contributed by atoms with van der Waals surface area (Å²) in [5, 5.41) is 4.14. The molecule has 0 spiro atoms. The van der Waals surface area contributed by atoms with Crippen LogP contribution in [0.2, 0.25) is 0 Å². The minimum Gasteiger partial charge on any atom is -0.0617 e. The van der Waals surface area contributed by atoms with Crippen molar-refractivity contribution in [1.82, 2.24) is 0 Å². The molecule has 0 saturated heterocycles. The summed E-state index contributed by atoms with van der Waals surface area (Å²) in [5.74, 6) is 0. The van der Waals surface area contributed by atoms with Crippen LogP contribution in [0.1, 0.15) is 0 Å². The molecule has 1 aliphatic heterocycles. The van der Waals surface area contributed by atoms with E-state index in [0.717, 1.165) is 0 Å². The predicted octanol–water partition coefficient (Wildman–Crippen LogP) is 3.61. The van der Waals surface area contributed by atoms with Gasteiger partial charge in [0.25, 0.3) is 0 Å². The van der Waals surface area contributed by atoms with Crippen LogP contribution in [-0.4, -0.2) is 0 Å². The third-order valence-electron chi connectivity index (χ3n) is 0.680. The fourth-order valence-electron chi connectivity index (χ4n) is 0.351. The molecule has 0 fully saturated rings. The van der Waals surface area contributed by atoms with Crippen molar-refractivity contribution < 1.29 is 0 Å². The normalized spacial score (nSPS) is 18.7. The predicted molar refractivity (Wildman–Crippen MR) is 50.2 cm³/mol. The first-order chi connectivity index (χ1) is 4.50. The molecule has 0 saturated carbocycles. The molecule has 9 heavy (non-hydrogen) atoms. The smallest absolute Gasteiger partial charge is 0.0158 e. The molecule has 0 aromatic rings. The molecule has 1 rings (SSSR count). The highest BCUT2D eigenvalue weighted by Gasteiger charge is 1.81. The fourth-order valence-corrected chi connectivity index (χ4v) is 2.81. The molecule has 1 aliphatic rings. The highest BCUT2D eigenvalue weighted by atomic mass is 33.5. The lowest BCUT2D eigenvalue weighted by Gasteiger charge is -1.84. The van der Waals surface area contributed by atoms with Crippen molar-refractivity contribution in [3.8, 4) is 0 Å². The summed E-state index contributed by atoms with van der Waals surface area (Å²) in [4.78, 5) is 0. The van der Waals surface area contributed by atoms with E-state index >= 15 is 0 Å². The van der Waals surface area contributed by atoms with E-state index in [1.165, 1.54) is 0 Å². The second kappa shape index (κ2) is 5.09. The van der Waals surface area contributed by atoms with Gasteiger partial charge in [-0.3, -0.25) is 0 Å². The highest BCUT2D eigenvalue weighted by Crippen LogP contribution is 2.36. The summed E-state index contributed by atoms with van der Waals surface area (Å²) in [6.07, 6.45) is 8.12. The largest absolute Gasteiger partial charge is 0.0617 e. The molecule has 0 aliphatic carbocycles. The number of rotatable bonds is 0. The zero-order chi connectivity index (χ0) is 6.36. The van der Waals surface area contributed by atoms with Gasteiger partial charge in [0.15, 0.2) is 0 Å². The zero-order valence-corrected chi connectivity index (χ0v) is 7.14. The van der Waals surface area contributed by atoms with Crippen LogP contribution in [-0.2, 0) is 0 Å². The molecule has 0 unspecified atom stereocenters. The van der Waals surface area contributed by atoms with Crippen LogP contribution in [0.25, 0.3) is 0 Å². The second-order valence-corrected chi connectivity index (χ2v) is 5.16. The Bertz CT molecular complexity index is 130. The van der Waals surface area contributed by atoms with E-state index in [0.29, 0.717) is 0 Å². The Morgan fingerprint density at radius 1 is 0.667 bits per heavy atom. The van der Waals surface area contributed by atoms with Gasteiger partial charge in [-0.05, 0) is 20.6 Å². The summed E-state index contributed by atoms with van der Waals surface area (Å²) in [6.45, 7) is 0. The maximum Gasteiger partial charge on any atom is -0.0158 e. The van der Waals surface area contributed by atoms with Crippen molar-refractivity contribution >= 4 is 31.4 Å². The van der Waals surface area contributed by atoms with Gasteiger partial charge in [-0.2, -0.15) is 0 Å². The van der Waals surface area contributed by atoms with Crippen LogP contribution in [0.4, 0.5) is 0 Å². The molecular formula is C6H6S3. The van der Waals surface area contributed by atoms with Gasteiger partial charge < -0.3 is 0 Å². The Balaban J connectivity index is 2.45. The summed E-state index contributed by atoms with van der Waals surface area (Å²) in [7, 11) is 5.24. The number of hydrogen-bond donors (Lipinski definition) is 0. The maximum atomic E-state index is 2.07. The summed E-state index contributed by atoms with van der Waals surface area (Å²) in [5.41, 5.74) is 0. The summed E-state index contributed by atoms with van der Waals surface area (Å²) in [6, 6.07) is 0. The third kappa shape index (κ3) is 3.78. The monoisotopic (exact) mass is 174 g/mol. The second-order valence-electron chi connectivity index (χ2n) is 1.30. The van der Waals surface area contributed by atoms with E-state index in [2.05, 4.69) is 10.8 Å². The van der Waals surface area contributed by atoms with E-state index < -0.39 is 0 Å². The third-order valence-corrected chi connectivity index (χ3v) is 3.93. The standard InChI is InChI=1S/C6H6S3/c1-2-4-6-8-9-7-5-3-1/h1-6H. The van der Waals surface area contributed by atoms with Crippen LogP contribution in [0.5, 0.6) is 0 Å². The minimum absolute atomic E-state index is 1.74. The van der Waals surface area contributed by atoms with Gasteiger partial charge in [-0.25, -0.2) is 0 Å². The van der Waals surface area contributed by atoms with Crippen molar-refractivity contribution in [2.75, 3.05) is 0 Å². The highest BCUT2D eigenvalue weighted by molar-refractivity contribution is 9.10. The number of hydrogen-bond acceptors (Lipinski definition) is 3. The molecular weight excluding hydrogens is 168 g/mol. The Morgan fingerprint density at radius 3 is 1.78 bits per heavy atom. The van der Waals surface area contributed by atoms with Crippen molar-refractivity contribution in [1.29, 1.82) is 0 Å². The molecule has 0 radical (unpaired) electrons. The molecule has 0 bridgehead atoms. The molecule has 0 N–H and O–H groups in total. The minimum atomic E-state index is 1.74. The van der Waals surface area contributed by atoms with E-state index in [4.69, 9.17) is 0 Å². The lowest BCUT2D eigenvalue weighted by Crippen LogP contribution is -1.43. The fraction of sp³-hybridized carbons (Fsp3) is 0. The summed E-state index contributed by atoms with van der Waals surface area (Å²) >= 11 is 0. The van der Waals surface area contributed by atoms with E-state index in [1.807, 2.05) is 24.3 Å². The van der Waals surface area contributed by atoms with E-state index in [-0.39, 0.29) is 0 Å². The van der Waals surface area contributed by atoms with Crippen molar-refractivity contribution in [3.63, 3.8) is 0 Å². The van der Waals surface area contributed by atoms with Gasteiger partial charge >= 0.3 is 0 Å². The lowest BCUT2D eigenvalue weighted by atomic mass is 10.5. The average Bonchev–Trinajstić information content (AvgIpc) is 2.00. The maximum absolute atomic E-state index is 2.07. The van der Waals surface area contributed by atoms with Gasteiger partial charge in [-0.1, -0.05) is 45.9 Å². The molecule has 3 heteroatoms. The van der Waals surface area contributed by atoms with Gasteiger partial charge in [0.1, 0.15) is 0 Å². The Kier molecular flexibility index (Phi) is 4.17. The molecule has 0 nitrogen and oxygen atoms in total. The quantitative estimate of drug-likeness (QED) is 0.515. The molecule has 0 amide bonds. The van der Waals surface area contributed by atoms with Crippen molar-refractivity contribution in [3.05, 3.63) is 35.1 Å². The van der Waals surface area contributed by atoms with Crippen LogP contribution in [0.15, 0.2) is 35.1 Å². The van der Waals surface area contributed by atoms with Crippen LogP contribution in [0.3, 0.4) is 0 Å². The SMILES string of the molecule is C1=CC=CSSSC=C1. The van der Waals surface area contributed by atoms with E-state index in [1.54, 1.807) is 31.4 Å². The molecule has 48 valence electrons. The van der Waals surface area contributed by atoms with Gasteiger partial charge in [0, 0.05) is 0 Å². The Hall–Kier alpha value is 0.270. The first kappa shape index (κ1) is 7.38. The zero-order valence-electron chi connectivity index (χ0n) is 4.69. The van der Waals surface area contributed by atoms with Crippen LogP contribution >= 0.6 is 31.4 Å². The van der Waals surface area contributed by atoms with Gasteiger partial charge in [-0.15, -0.1) is 0 Å². The van der Waals surface area contributed by atoms with Crippen LogP contribution < -0.4 is 0 Å². The summed E-state index contributed by atoms with van der Waals surface area (Å²) < 4.78 is 0. The van der Waals surface area contributed by atoms with Crippen molar-refractivity contribution in [2.24, 2.45) is 0 Å². The lowest BCUT2D eigenvalue weighted by molar-refractivity contribution is 1.96. The topological polar surface area (TPSA) is 0 Å². The Morgan fingerprint density at radius 2 is 1.22 bits per heavy atom. The van der Waals surface area contributed by atoms with Crippen LogP contribution in [0, 0.1) is 0 Å². The molecule has 0 aromatic carbocycles. The molecule has 0 atom stereocenters.